The van der Waals surface area contributed by atoms with Crippen LogP contribution in [0.2, 0.25) is 5.02 Å². The van der Waals surface area contributed by atoms with E-state index in [1.807, 2.05) is 30.3 Å². The van der Waals surface area contributed by atoms with Crippen molar-refractivity contribution in [3.05, 3.63) is 65.3 Å². The Morgan fingerprint density at radius 1 is 1.10 bits per heavy atom. The monoisotopic (exact) mass is 283 g/mol. The highest BCUT2D eigenvalue weighted by Crippen LogP contribution is 2.29. The van der Waals surface area contributed by atoms with Gasteiger partial charge in [-0.2, -0.15) is 0 Å². The molecule has 0 unspecified atom stereocenters. The molecule has 20 heavy (non-hydrogen) atoms. The molecule has 3 rings (SSSR count). The van der Waals surface area contributed by atoms with Crippen molar-refractivity contribution in [3.63, 3.8) is 0 Å². The molecule has 1 N–H and O–H groups in total. The van der Waals surface area contributed by atoms with E-state index >= 15 is 0 Å². The Hall–Kier alpha value is -2.39. The summed E-state index contributed by atoms with van der Waals surface area (Å²) in [6.45, 7) is 0. The fourth-order valence-corrected chi connectivity index (χ4v) is 2.36. The maximum Gasteiger partial charge on any atom is 0.336 e. The number of halogens is 1. The SMILES string of the molecule is O=C(O)c1ccc(Cl)cc1-c1ccc2ncccc2c1. The first-order chi connectivity index (χ1) is 9.65. The van der Waals surface area contributed by atoms with E-state index in [0.29, 0.717) is 10.6 Å². The lowest BCUT2D eigenvalue weighted by atomic mass is 9.98. The lowest BCUT2D eigenvalue weighted by Gasteiger charge is -2.08. The van der Waals surface area contributed by atoms with Gasteiger partial charge in [-0.3, -0.25) is 4.98 Å². The van der Waals surface area contributed by atoms with Crippen LogP contribution in [0.4, 0.5) is 0 Å². The van der Waals surface area contributed by atoms with Crippen LogP contribution in [0.1, 0.15) is 10.4 Å². The van der Waals surface area contributed by atoms with Gasteiger partial charge in [0.2, 0.25) is 0 Å². The summed E-state index contributed by atoms with van der Waals surface area (Å²) in [5.41, 5.74) is 2.52. The molecule has 0 saturated carbocycles. The smallest absolute Gasteiger partial charge is 0.336 e. The first-order valence-electron chi connectivity index (χ1n) is 6.03. The highest BCUT2D eigenvalue weighted by Gasteiger charge is 2.12. The molecule has 0 spiro atoms. The maximum atomic E-state index is 11.3. The van der Waals surface area contributed by atoms with E-state index in [-0.39, 0.29) is 5.56 Å². The van der Waals surface area contributed by atoms with Crippen molar-refractivity contribution < 1.29 is 9.90 Å². The molecule has 0 bridgehead atoms. The van der Waals surface area contributed by atoms with Crippen LogP contribution in [0.25, 0.3) is 22.0 Å². The number of carboxylic acids is 1. The second kappa shape index (κ2) is 4.94. The summed E-state index contributed by atoms with van der Waals surface area (Å²) in [5, 5.41) is 10.7. The van der Waals surface area contributed by atoms with Crippen LogP contribution in [0.5, 0.6) is 0 Å². The van der Waals surface area contributed by atoms with E-state index in [2.05, 4.69) is 4.98 Å². The van der Waals surface area contributed by atoms with E-state index in [1.54, 1.807) is 18.3 Å². The predicted molar refractivity (Wildman–Crippen MR) is 79.1 cm³/mol. The molecule has 0 aliphatic carbocycles. The minimum atomic E-state index is -0.969. The van der Waals surface area contributed by atoms with E-state index in [0.717, 1.165) is 16.5 Å². The zero-order valence-corrected chi connectivity index (χ0v) is 11.1. The fraction of sp³-hybridized carbons (Fsp3) is 0. The average molecular weight is 284 g/mol. The summed E-state index contributed by atoms with van der Waals surface area (Å²) < 4.78 is 0. The first kappa shape index (κ1) is 12.6. The molecule has 0 amide bonds. The molecule has 3 aromatic rings. The molecular weight excluding hydrogens is 274 g/mol. The lowest BCUT2D eigenvalue weighted by Crippen LogP contribution is -1.99. The number of benzene rings is 2. The fourth-order valence-electron chi connectivity index (χ4n) is 2.18. The third-order valence-electron chi connectivity index (χ3n) is 3.13. The predicted octanol–water partition coefficient (Wildman–Crippen LogP) is 4.25. The minimum Gasteiger partial charge on any atom is -0.478 e. The number of hydrogen-bond acceptors (Lipinski definition) is 2. The molecule has 2 aromatic carbocycles. The third kappa shape index (κ3) is 2.24. The van der Waals surface area contributed by atoms with Gasteiger partial charge in [-0.1, -0.05) is 23.7 Å². The second-order valence-electron chi connectivity index (χ2n) is 4.41. The van der Waals surface area contributed by atoms with Gasteiger partial charge in [-0.25, -0.2) is 4.79 Å². The van der Waals surface area contributed by atoms with Crippen LogP contribution in [-0.4, -0.2) is 16.1 Å². The summed E-state index contributed by atoms with van der Waals surface area (Å²) in [7, 11) is 0. The van der Waals surface area contributed by atoms with Gasteiger partial charge in [0.1, 0.15) is 0 Å². The Bertz CT molecular complexity index is 814. The average Bonchev–Trinajstić information content (AvgIpc) is 2.46. The molecule has 0 aliphatic rings. The van der Waals surface area contributed by atoms with E-state index in [1.165, 1.54) is 6.07 Å². The molecule has 1 aromatic heterocycles. The Morgan fingerprint density at radius 2 is 1.95 bits per heavy atom. The highest BCUT2D eigenvalue weighted by atomic mass is 35.5. The number of pyridine rings is 1. The molecule has 0 aliphatic heterocycles. The Balaban J connectivity index is 2.24. The number of hydrogen-bond donors (Lipinski definition) is 1. The van der Waals surface area contributed by atoms with E-state index < -0.39 is 5.97 Å². The van der Waals surface area contributed by atoms with Gasteiger partial charge in [0, 0.05) is 16.6 Å². The number of aromatic nitrogens is 1. The van der Waals surface area contributed by atoms with Gasteiger partial charge >= 0.3 is 5.97 Å². The summed E-state index contributed by atoms with van der Waals surface area (Å²) in [5.74, 6) is -0.969. The summed E-state index contributed by atoms with van der Waals surface area (Å²) >= 11 is 5.98. The molecule has 1 heterocycles. The minimum absolute atomic E-state index is 0.234. The first-order valence-corrected chi connectivity index (χ1v) is 6.41. The number of fused-ring (bicyclic) bond motifs is 1. The second-order valence-corrected chi connectivity index (χ2v) is 4.84. The van der Waals surface area contributed by atoms with Crippen LogP contribution in [0, 0.1) is 0 Å². The van der Waals surface area contributed by atoms with Crippen molar-refractivity contribution in [1.29, 1.82) is 0 Å². The van der Waals surface area contributed by atoms with Crippen molar-refractivity contribution in [2.45, 2.75) is 0 Å². The quantitative estimate of drug-likeness (QED) is 0.765. The molecular formula is C16H10ClNO2. The van der Waals surface area contributed by atoms with Gasteiger partial charge < -0.3 is 5.11 Å². The zero-order chi connectivity index (χ0) is 14.1. The molecule has 0 saturated heterocycles. The molecule has 0 fully saturated rings. The maximum absolute atomic E-state index is 11.3. The number of carbonyl (C=O) groups is 1. The Labute approximate surface area is 120 Å². The Morgan fingerprint density at radius 3 is 2.75 bits per heavy atom. The summed E-state index contributed by atoms with van der Waals surface area (Å²) in [6.07, 6.45) is 1.73. The van der Waals surface area contributed by atoms with Crippen LogP contribution in [0.15, 0.2) is 54.7 Å². The van der Waals surface area contributed by atoms with Crippen molar-refractivity contribution in [2.75, 3.05) is 0 Å². The molecule has 3 nitrogen and oxygen atoms in total. The van der Waals surface area contributed by atoms with Crippen LogP contribution >= 0.6 is 11.6 Å². The van der Waals surface area contributed by atoms with Crippen molar-refractivity contribution >= 4 is 28.5 Å². The summed E-state index contributed by atoms with van der Waals surface area (Å²) in [4.78, 5) is 15.6. The van der Waals surface area contributed by atoms with E-state index in [9.17, 15) is 9.90 Å². The topological polar surface area (TPSA) is 50.2 Å². The van der Waals surface area contributed by atoms with Crippen LogP contribution in [0.3, 0.4) is 0 Å². The number of aromatic carboxylic acids is 1. The van der Waals surface area contributed by atoms with Crippen molar-refractivity contribution in [3.8, 4) is 11.1 Å². The third-order valence-corrected chi connectivity index (χ3v) is 3.36. The van der Waals surface area contributed by atoms with Crippen molar-refractivity contribution in [1.82, 2.24) is 4.98 Å². The van der Waals surface area contributed by atoms with E-state index in [4.69, 9.17) is 11.6 Å². The number of rotatable bonds is 2. The molecule has 0 atom stereocenters. The van der Waals surface area contributed by atoms with Gasteiger partial charge in [0.05, 0.1) is 11.1 Å². The molecule has 0 radical (unpaired) electrons. The normalized spacial score (nSPS) is 10.7. The molecule has 4 heteroatoms. The number of carboxylic acid groups (broad SMARTS) is 1. The van der Waals surface area contributed by atoms with Gasteiger partial charge in [-0.15, -0.1) is 0 Å². The molecule has 98 valence electrons. The van der Waals surface area contributed by atoms with Gasteiger partial charge in [0.15, 0.2) is 0 Å². The van der Waals surface area contributed by atoms with Gasteiger partial charge in [0.25, 0.3) is 0 Å². The number of nitrogens with zero attached hydrogens (tertiary/aromatic N) is 1. The highest BCUT2D eigenvalue weighted by molar-refractivity contribution is 6.31. The largest absolute Gasteiger partial charge is 0.478 e. The lowest BCUT2D eigenvalue weighted by molar-refractivity contribution is 0.0698. The summed E-state index contributed by atoms with van der Waals surface area (Å²) in [6, 6.07) is 14.2. The standard InChI is InChI=1S/C16H10ClNO2/c17-12-4-5-13(16(19)20)14(9-12)10-3-6-15-11(8-10)2-1-7-18-15/h1-9H,(H,19,20). The Kier molecular flexibility index (Phi) is 3.12. The van der Waals surface area contributed by atoms with Crippen molar-refractivity contribution in [2.24, 2.45) is 0 Å². The zero-order valence-electron chi connectivity index (χ0n) is 10.4. The van der Waals surface area contributed by atoms with Crippen LogP contribution in [-0.2, 0) is 0 Å². The van der Waals surface area contributed by atoms with Gasteiger partial charge in [-0.05, 0) is 47.5 Å². The van der Waals surface area contributed by atoms with Crippen LogP contribution < -0.4 is 0 Å².